The van der Waals surface area contributed by atoms with Gasteiger partial charge in [-0.2, -0.15) is 0 Å². The van der Waals surface area contributed by atoms with Crippen LogP contribution in [0.2, 0.25) is 0 Å². The van der Waals surface area contributed by atoms with Crippen LogP contribution in [0.3, 0.4) is 0 Å². The molecular weight excluding hydrogens is 236 g/mol. The summed E-state index contributed by atoms with van der Waals surface area (Å²) in [5, 5.41) is 5.71. The number of amides is 1. The number of hydrogen-bond donors (Lipinski definition) is 3. The summed E-state index contributed by atoms with van der Waals surface area (Å²) in [6, 6.07) is 3.17. The minimum atomic E-state index is -0.335. The number of pyridine rings is 1. The Kier molecular flexibility index (Phi) is 4.84. The maximum absolute atomic E-state index is 11.5. The summed E-state index contributed by atoms with van der Waals surface area (Å²) >= 11 is 4.82. The van der Waals surface area contributed by atoms with E-state index in [9.17, 15) is 4.79 Å². The molecule has 4 N–H and O–H groups in total. The number of nitrogens with one attached hydrogen (secondary N) is 2. The van der Waals surface area contributed by atoms with Crippen molar-refractivity contribution in [2.75, 3.05) is 11.9 Å². The van der Waals surface area contributed by atoms with Crippen molar-refractivity contribution in [3.05, 3.63) is 23.9 Å². The smallest absolute Gasteiger partial charge is 0.242 e. The number of hydrogen-bond acceptors (Lipinski definition) is 4. The van der Waals surface area contributed by atoms with Crippen molar-refractivity contribution >= 4 is 28.9 Å². The molecule has 1 rings (SSSR count). The lowest BCUT2D eigenvalue weighted by Crippen LogP contribution is -2.37. The summed E-state index contributed by atoms with van der Waals surface area (Å²) in [5.74, 6) is 0.552. The fraction of sp³-hybridized carbons (Fsp3) is 0.364. The Labute approximate surface area is 106 Å². The van der Waals surface area contributed by atoms with Crippen LogP contribution >= 0.6 is 12.2 Å². The number of rotatable bonds is 5. The Morgan fingerprint density at radius 2 is 2.29 bits per heavy atom. The lowest BCUT2D eigenvalue weighted by Gasteiger charge is -2.13. The summed E-state index contributed by atoms with van der Waals surface area (Å²) < 4.78 is 0. The monoisotopic (exact) mass is 252 g/mol. The fourth-order valence-electron chi connectivity index (χ4n) is 1.24. The van der Waals surface area contributed by atoms with Gasteiger partial charge in [-0.15, -0.1) is 0 Å². The van der Waals surface area contributed by atoms with Crippen molar-refractivity contribution in [1.29, 1.82) is 0 Å². The first-order valence-electron chi connectivity index (χ1n) is 5.34. The third-order valence-corrected chi connectivity index (χ3v) is 2.39. The number of thiocarbonyl (C=S) groups is 1. The average molecular weight is 252 g/mol. The third-order valence-electron chi connectivity index (χ3n) is 2.16. The largest absolute Gasteiger partial charge is 0.389 e. The first-order valence-corrected chi connectivity index (χ1v) is 5.75. The third kappa shape index (κ3) is 3.99. The molecule has 1 heterocycles. The van der Waals surface area contributed by atoms with Crippen LogP contribution in [0.25, 0.3) is 0 Å². The molecule has 1 aromatic heterocycles. The first kappa shape index (κ1) is 13.4. The molecule has 0 spiro atoms. The van der Waals surface area contributed by atoms with Gasteiger partial charge in [0.1, 0.15) is 16.8 Å². The highest BCUT2D eigenvalue weighted by molar-refractivity contribution is 7.80. The van der Waals surface area contributed by atoms with Crippen LogP contribution in [-0.4, -0.2) is 28.5 Å². The fourth-order valence-corrected chi connectivity index (χ4v) is 1.36. The second kappa shape index (κ2) is 6.15. The van der Waals surface area contributed by atoms with Crippen molar-refractivity contribution in [2.24, 2.45) is 5.73 Å². The molecule has 1 amide bonds. The van der Waals surface area contributed by atoms with E-state index in [1.54, 1.807) is 25.3 Å². The summed E-state index contributed by atoms with van der Waals surface area (Å²) in [4.78, 5) is 15.9. The minimum absolute atomic E-state index is 0.0623. The van der Waals surface area contributed by atoms with E-state index in [0.29, 0.717) is 22.9 Å². The highest BCUT2D eigenvalue weighted by Crippen LogP contribution is 2.06. The number of carbonyl (C=O) groups excluding carboxylic acids is 1. The molecular formula is C11H16N4OS. The van der Waals surface area contributed by atoms with Crippen LogP contribution in [0.1, 0.15) is 19.4 Å². The zero-order valence-corrected chi connectivity index (χ0v) is 10.7. The van der Waals surface area contributed by atoms with E-state index in [1.165, 1.54) is 0 Å². The molecule has 0 radical (unpaired) electrons. The van der Waals surface area contributed by atoms with E-state index < -0.39 is 0 Å². The van der Waals surface area contributed by atoms with E-state index in [-0.39, 0.29) is 11.9 Å². The zero-order valence-electron chi connectivity index (χ0n) is 9.86. The molecule has 0 fully saturated rings. The van der Waals surface area contributed by atoms with Crippen molar-refractivity contribution in [2.45, 2.75) is 19.9 Å². The van der Waals surface area contributed by atoms with Gasteiger partial charge in [0.05, 0.1) is 0 Å². The van der Waals surface area contributed by atoms with Crippen LogP contribution in [0.4, 0.5) is 5.82 Å². The number of aromatic nitrogens is 1. The van der Waals surface area contributed by atoms with Crippen LogP contribution in [0, 0.1) is 0 Å². The van der Waals surface area contributed by atoms with Gasteiger partial charge in [-0.25, -0.2) is 4.98 Å². The molecule has 6 heteroatoms. The van der Waals surface area contributed by atoms with Gasteiger partial charge in [-0.05, 0) is 26.0 Å². The number of likely N-dealkylation sites (N-methyl/N-ethyl adjacent to an activating group) is 1. The number of nitrogens with zero attached hydrogens (tertiary/aromatic N) is 1. The van der Waals surface area contributed by atoms with Crippen LogP contribution in [0.15, 0.2) is 18.3 Å². The normalized spacial score (nSPS) is 11.6. The zero-order chi connectivity index (χ0) is 12.8. The molecule has 1 unspecified atom stereocenters. The van der Waals surface area contributed by atoms with Crippen molar-refractivity contribution in [3.63, 3.8) is 0 Å². The van der Waals surface area contributed by atoms with Gasteiger partial charge >= 0.3 is 0 Å². The molecule has 0 saturated heterocycles. The van der Waals surface area contributed by atoms with Gasteiger partial charge in [0, 0.05) is 18.3 Å². The predicted molar refractivity (Wildman–Crippen MR) is 71.9 cm³/mol. The molecule has 92 valence electrons. The second-order valence-electron chi connectivity index (χ2n) is 3.56. The highest BCUT2D eigenvalue weighted by atomic mass is 32.1. The Morgan fingerprint density at radius 1 is 1.59 bits per heavy atom. The topological polar surface area (TPSA) is 80.0 Å². The highest BCUT2D eigenvalue weighted by Gasteiger charge is 2.11. The summed E-state index contributed by atoms with van der Waals surface area (Å²) in [6.07, 6.45) is 1.58. The summed E-state index contributed by atoms with van der Waals surface area (Å²) in [5.41, 5.74) is 6.16. The molecule has 0 aromatic carbocycles. The molecule has 5 nitrogen and oxygen atoms in total. The van der Waals surface area contributed by atoms with E-state index in [1.807, 2.05) is 6.92 Å². The predicted octanol–water partition coefficient (Wildman–Crippen LogP) is 0.652. The number of carbonyl (C=O) groups is 1. The maximum Gasteiger partial charge on any atom is 0.242 e. The Balaban J connectivity index is 2.63. The second-order valence-corrected chi connectivity index (χ2v) is 4.00. The molecule has 0 aliphatic carbocycles. The maximum atomic E-state index is 11.5. The van der Waals surface area contributed by atoms with E-state index in [4.69, 9.17) is 18.0 Å². The Bertz CT molecular complexity index is 404. The van der Waals surface area contributed by atoms with Crippen LogP contribution in [0.5, 0.6) is 0 Å². The van der Waals surface area contributed by atoms with Gasteiger partial charge in [0.2, 0.25) is 5.91 Å². The Hall–Kier alpha value is -1.69. The molecule has 17 heavy (non-hydrogen) atoms. The van der Waals surface area contributed by atoms with E-state index in [0.717, 1.165) is 0 Å². The SMILES string of the molecule is CCNC(=O)C(C)Nc1ccc(C(N)=S)cn1. The van der Waals surface area contributed by atoms with Crippen molar-refractivity contribution in [3.8, 4) is 0 Å². The average Bonchev–Trinajstić information content (AvgIpc) is 2.30. The van der Waals surface area contributed by atoms with Crippen LogP contribution in [-0.2, 0) is 4.79 Å². The summed E-state index contributed by atoms with van der Waals surface area (Å²) in [7, 11) is 0. The van der Waals surface area contributed by atoms with Gasteiger partial charge in [-0.1, -0.05) is 12.2 Å². The van der Waals surface area contributed by atoms with Crippen molar-refractivity contribution in [1.82, 2.24) is 10.3 Å². The molecule has 1 aromatic rings. The van der Waals surface area contributed by atoms with Gasteiger partial charge in [0.25, 0.3) is 0 Å². The van der Waals surface area contributed by atoms with Crippen LogP contribution < -0.4 is 16.4 Å². The van der Waals surface area contributed by atoms with Gasteiger partial charge in [0.15, 0.2) is 0 Å². The number of anilines is 1. The molecule has 0 aliphatic heterocycles. The molecule has 0 bridgehead atoms. The minimum Gasteiger partial charge on any atom is -0.389 e. The lowest BCUT2D eigenvalue weighted by atomic mass is 10.2. The summed E-state index contributed by atoms with van der Waals surface area (Å²) in [6.45, 7) is 4.26. The number of nitrogens with two attached hydrogens (primary N) is 1. The lowest BCUT2D eigenvalue weighted by molar-refractivity contribution is -0.121. The first-order chi connectivity index (χ1) is 8.04. The van der Waals surface area contributed by atoms with Gasteiger partial charge in [-0.3, -0.25) is 4.79 Å². The quantitative estimate of drug-likeness (QED) is 0.671. The Morgan fingerprint density at radius 3 is 2.76 bits per heavy atom. The molecule has 0 saturated carbocycles. The molecule has 0 aliphatic rings. The van der Waals surface area contributed by atoms with E-state index in [2.05, 4.69) is 15.6 Å². The van der Waals surface area contributed by atoms with Gasteiger partial charge < -0.3 is 16.4 Å². The van der Waals surface area contributed by atoms with Crippen molar-refractivity contribution < 1.29 is 4.79 Å². The van der Waals surface area contributed by atoms with E-state index >= 15 is 0 Å². The molecule has 1 atom stereocenters. The standard InChI is InChI=1S/C11H16N4OS/c1-3-13-11(16)7(2)15-9-5-4-8(6-14-9)10(12)17/h4-7H,3H2,1-2H3,(H2,12,17)(H,13,16)(H,14,15).